The van der Waals surface area contributed by atoms with Crippen molar-refractivity contribution in [1.29, 1.82) is 0 Å². The molecule has 4 rings (SSSR count). The highest BCUT2D eigenvalue weighted by Gasteiger charge is 2.23. The lowest BCUT2D eigenvalue weighted by Gasteiger charge is -2.17. The van der Waals surface area contributed by atoms with Crippen molar-refractivity contribution >= 4 is 22.5 Å². The minimum Gasteiger partial charge on any atom is -0.376 e. The summed E-state index contributed by atoms with van der Waals surface area (Å²) in [5, 5.41) is 12.4. The fourth-order valence-electron chi connectivity index (χ4n) is 3.76. The Hall–Kier alpha value is -1.89. The van der Waals surface area contributed by atoms with Crippen LogP contribution in [0.25, 0.3) is 10.8 Å². The molecule has 2 aromatic carbocycles. The zero-order chi connectivity index (χ0) is 19.3. The molecule has 0 spiro atoms. The molecule has 3 aromatic rings. The van der Waals surface area contributed by atoms with Gasteiger partial charge in [-0.1, -0.05) is 67.6 Å². The standard InChI is InChI=1S/C22H28N4OS/c1-2-6-20(23)21-24-25-22(26(21)14-19-9-5-12-27-19)28-15-16-10-11-17-7-3-4-8-18(17)13-16/h3-4,7-8,10-11,13,19-20H,2,5-6,9,12,14-15,23H2,1H3. The predicted molar refractivity (Wildman–Crippen MR) is 114 cm³/mol. The molecule has 0 amide bonds. The van der Waals surface area contributed by atoms with E-state index in [1.807, 2.05) is 0 Å². The summed E-state index contributed by atoms with van der Waals surface area (Å²) in [7, 11) is 0. The maximum atomic E-state index is 6.39. The second-order valence-corrected chi connectivity index (χ2v) is 8.39. The lowest BCUT2D eigenvalue weighted by Crippen LogP contribution is -2.22. The Balaban J connectivity index is 1.53. The Morgan fingerprint density at radius 1 is 1.21 bits per heavy atom. The van der Waals surface area contributed by atoms with Crippen LogP contribution in [0, 0.1) is 0 Å². The van der Waals surface area contributed by atoms with Crippen molar-refractivity contribution in [2.75, 3.05) is 6.61 Å². The summed E-state index contributed by atoms with van der Waals surface area (Å²) in [6.07, 6.45) is 4.41. The Bertz CT molecular complexity index is 920. The summed E-state index contributed by atoms with van der Waals surface area (Å²) in [5.74, 6) is 1.75. The van der Waals surface area contributed by atoms with E-state index < -0.39 is 0 Å². The van der Waals surface area contributed by atoms with Gasteiger partial charge in [0.15, 0.2) is 11.0 Å². The largest absolute Gasteiger partial charge is 0.376 e. The van der Waals surface area contributed by atoms with Gasteiger partial charge in [-0.05, 0) is 35.6 Å². The number of ether oxygens (including phenoxy) is 1. The number of nitrogens with zero attached hydrogens (tertiary/aromatic N) is 3. The van der Waals surface area contributed by atoms with Crippen LogP contribution in [-0.2, 0) is 17.0 Å². The highest BCUT2D eigenvalue weighted by Crippen LogP contribution is 2.28. The molecule has 6 heteroatoms. The Morgan fingerprint density at radius 2 is 2.07 bits per heavy atom. The van der Waals surface area contributed by atoms with Crippen LogP contribution in [-0.4, -0.2) is 27.5 Å². The molecule has 1 aromatic heterocycles. The Kier molecular flexibility index (Phi) is 6.29. The van der Waals surface area contributed by atoms with Gasteiger partial charge in [0.2, 0.25) is 0 Å². The van der Waals surface area contributed by atoms with Crippen molar-refractivity contribution < 1.29 is 4.74 Å². The Labute approximate surface area is 170 Å². The van der Waals surface area contributed by atoms with E-state index >= 15 is 0 Å². The van der Waals surface area contributed by atoms with Gasteiger partial charge in [0.25, 0.3) is 0 Å². The summed E-state index contributed by atoms with van der Waals surface area (Å²) in [6, 6.07) is 15.0. The quantitative estimate of drug-likeness (QED) is 0.559. The van der Waals surface area contributed by atoms with Gasteiger partial charge in [-0.25, -0.2) is 0 Å². The summed E-state index contributed by atoms with van der Waals surface area (Å²) in [5.41, 5.74) is 7.68. The molecule has 1 aliphatic rings. The van der Waals surface area contributed by atoms with Crippen LogP contribution in [0.1, 0.15) is 50.0 Å². The molecule has 1 saturated heterocycles. The summed E-state index contributed by atoms with van der Waals surface area (Å²) in [4.78, 5) is 0. The second-order valence-electron chi connectivity index (χ2n) is 7.45. The number of fused-ring (bicyclic) bond motifs is 1. The minimum absolute atomic E-state index is 0.0751. The van der Waals surface area contributed by atoms with Crippen molar-refractivity contribution in [2.24, 2.45) is 5.73 Å². The summed E-state index contributed by atoms with van der Waals surface area (Å²) in [6.45, 7) is 3.79. The number of rotatable bonds is 8. The van der Waals surface area contributed by atoms with E-state index in [4.69, 9.17) is 10.5 Å². The van der Waals surface area contributed by atoms with Gasteiger partial charge in [-0.15, -0.1) is 10.2 Å². The van der Waals surface area contributed by atoms with Gasteiger partial charge in [0.1, 0.15) is 0 Å². The van der Waals surface area contributed by atoms with Crippen LogP contribution in [0.2, 0.25) is 0 Å². The van der Waals surface area contributed by atoms with Gasteiger partial charge in [-0.3, -0.25) is 0 Å². The first kappa shape index (κ1) is 19.4. The number of hydrogen-bond acceptors (Lipinski definition) is 5. The zero-order valence-electron chi connectivity index (χ0n) is 16.4. The van der Waals surface area contributed by atoms with E-state index in [1.165, 1.54) is 16.3 Å². The molecule has 0 saturated carbocycles. The average Bonchev–Trinajstić information content (AvgIpc) is 3.37. The number of benzene rings is 2. The number of hydrogen-bond donors (Lipinski definition) is 1. The van der Waals surface area contributed by atoms with Crippen molar-refractivity contribution in [3.8, 4) is 0 Å². The first-order chi connectivity index (χ1) is 13.7. The lowest BCUT2D eigenvalue weighted by molar-refractivity contribution is 0.0938. The van der Waals surface area contributed by atoms with E-state index in [9.17, 15) is 0 Å². The molecule has 0 radical (unpaired) electrons. The third-order valence-corrected chi connectivity index (χ3v) is 6.31. The monoisotopic (exact) mass is 396 g/mol. The predicted octanol–water partition coefficient (Wildman–Crippen LogP) is 4.70. The lowest BCUT2D eigenvalue weighted by atomic mass is 10.1. The van der Waals surface area contributed by atoms with Crippen molar-refractivity contribution in [3.05, 3.63) is 53.9 Å². The van der Waals surface area contributed by atoms with E-state index in [0.717, 1.165) is 55.6 Å². The SMILES string of the molecule is CCCC(N)c1nnc(SCc2ccc3ccccc3c2)n1CC1CCCO1. The van der Waals surface area contributed by atoms with E-state index in [0.29, 0.717) is 0 Å². The van der Waals surface area contributed by atoms with Crippen LogP contribution in [0.3, 0.4) is 0 Å². The molecule has 28 heavy (non-hydrogen) atoms. The molecule has 1 fully saturated rings. The van der Waals surface area contributed by atoms with Crippen LogP contribution in [0.4, 0.5) is 0 Å². The molecule has 5 nitrogen and oxygen atoms in total. The first-order valence-electron chi connectivity index (χ1n) is 10.2. The van der Waals surface area contributed by atoms with Crippen LogP contribution >= 0.6 is 11.8 Å². The van der Waals surface area contributed by atoms with Crippen molar-refractivity contribution in [2.45, 2.75) is 62.2 Å². The Morgan fingerprint density at radius 3 is 2.86 bits per heavy atom. The van der Waals surface area contributed by atoms with Gasteiger partial charge in [-0.2, -0.15) is 0 Å². The smallest absolute Gasteiger partial charge is 0.191 e. The second kappa shape index (κ2) is 9.07. The minimum atomic E-state index is -0.0751. The molecule has 2 unspecified atom stereocenters. The molecule has 0 aliphatic carbocycles. The van der Waals surface area contributed by atoms with Crippen molar-refractivity contribution in [1.82, 2.24) is 14.8 Å². The van der Waals surface area contributed by atoms with E-state index in [1.54, 1.807) is 11.8 Å². The molecule has 2 N–H and O–H groups in total. The summed E-state index contributed by atoms with van der Waals surface area (Å²) >= 11 is 1.73. The highest BCUT2D eigenvalue weighted by molar-refractivity contribution is 7.98. The molecule has 0 bridgehead atoms. The third kappa shape index (κ3) is 4.40. The molecule has 2 atom stereocenters. The molecular formula is C22H28N4OS. The average molecular weight is 397 g/mol. The van der Waals surface area contributed by atoms with Gasteiger partial charge >= 0.3 is 0 Å². The highest BCUT2D eigenvalue weighted by atomic mass is 32.2. The number of thioether (sulfide) groups is 1. The van der Waals surface area contributed by atoms with Gasteiger partial charge in [0, 0.05) is 12.4 Å². The number of aromatic nitrogens is 3. The molecule has 148 valence electrons. The van der Waals surface area contributed by atoms with E-state index in [2.05, 4.69) is 64.2 Å². The third-order valence-electron chi connectivity index (χ3n) is 5.27. The van der Waals surface area contributed by atoms with E-state index in [-0.39, 0.29) is 12.1 Å². The fourth-order valence-corrected chi connectivity index (χ4v) is 4.66. The first-order valence-corrected chi connectivity index (χ1v) is 11.1. The summed E-state index contributed by atoms with van der Waals surface area (Å²) < 4.78 is 8.06. The van der Waals surface area contributed by atoms with Crippen molar-refractivity contribution in [3.63, 3.8) is 0 Å². The van der Waals surface area contributed by atoms with Gasteiger partial charge < -0.3 is 15.0 Å². The maximum Gasteiger partial charge on any atom is 0.191 e. The number of nitrogens with two attached hydrogens (primary N) is 1. The molecule has 2 heterocycles. The van der Waals surface area contributed by atoms with Crippen LogP contribution in [0.5, 0.6) is 0 Å². The molecular weight excluding hydrogens is 368 g/mol. The fraction of sp³-hybridized carbons (Fsp3) is 0.455. The maximum absolute atomic E-state index is 6.39. The van der Waals surface area contributed by atoms with Gasteiger partial charge in [0.05, 0.1) is 18.7 Å². The van der Waals surface area contributed by atoms with Crippen LogP contribution in [0.15, 0.2) is 47.6 Å². The topological polar surface area (TPSA) is 66.0 Å². The normalized spacial score (nSPS) is 18.0. The van der Waals surface area contributed by atoms with Crippen LogP contribution < -0.4 is 5.73 Å². The molecule has 1 aliphatic heterocycles. The zero-order valence-corrected chi connectivity index (χ0v) is 17.2.